The smallest absolute Gasteiger partial charge is 0.209 e. The first-order valence-electron chi connectivity index (χ1n) is 5.41. The molecule has 14 heavy (non-hydrogen) atoms. The van der Waals surface area contributed by atoms with Crippen LogP contribution in [-0.4, -0.2) is 5.78 Å². The minimum absolute atomic E-state index is 0.157. The Labute approximate surface area is 85.6 Å². The van der Waals surface area contributed by atoms with Crippen molar-refractivity contribution in [1.82, 2.24) is 0 Å². The Bertz CT molecular complexity index is 329. The molecule has 0 fully saturated rings. The molecule has 0 radical (unpaired) electrons. The third kappa shape index (κ3) is 1.50. The molecule has 4 atom stereocenters. The molecule has 2 rings (SSSR count). The second-order valence-corrected chi connectivity index (χ2v) is 4.50. The molecule has 2 aliphatic rings. The monoisotopic (exact) mass is 188 g/mol. The number of Topliss-reactive ketones (excluding diaryl/α,β-unsaturated/α-hetero) is 1. The number of rotatable bonds is 0. The molecule has 1 heteroatoms. The van der Waals surface area contributed by atoms with Crippen LogP contribution in [0.25, 0.3) is 0 Å². The van der Waals surface area contributed by atoms with E-state index in [0.717, 1.165) is 12.8 Å². The second kappa shape index (κ2) is 3.61. The first kappa shape index (κ1) is 9.52. The molecule has 0 N–H and O–H groups in total. The molecule has 0 bridgehead atoms. The van der Waals surface area contributed by atoms with E-state index in [0.29, 0.717) is 17.8 Å². The standard InChI is InChI=1S/C13H16O/c1-9-7-8-11-5-3-4-6-12(14)13(11)10(9)2/h7-11,13H,3,5H2,1-2H3/t9-,10+,11+,13-/m0/s1. The molecule has 0 aliphatic heterocycles. The van der Waals surface area contributed by atoms with E-state index in [1.807, 2.05) is 0 Å². The number of carbonyl (C=O) groups is 1. The molecule has 0 aromatic carbocycles. The maximum absolute atomic E-state index is 11.8. The number of carbonyl (C=O) groups excluding carboxylic acids is 1. The van der Waals surface area contributed by atoms with E-state index in [1.165, 1.54) is 0 Å². The summed E-state index contributed by atoms with van der Waals surface area (Å²) in [6.07, 6.45) is 6.40. The van der Waals surface area contributed by atoms with Crippen molar-refractivity contribution in [2.75, 3.05) is 0 Å². The average molecular weight is 188 g/mol. The first-order valence-corrected chi connectivity index (χ1v) is 5.41. The van der Waals surface area contributed by atoms with Crippen LogP contribution >= 0.6 is 0 Å². The average Bonchev–Trinajstić information content (AvgIpc) is 2.35. The van der Waals surface area contributed by atoms with E-state index in [9.17, 15) is 4.79 Å². The summed E-state index contributed by atoms with van der Waals surface area (Å²) in [6.45, 7) is 4.36. The van der Waals surface area contributed by atoms with Crippen LogP contribution in [-0.2, 0) is 4.79 Å². The third-order valence-electron chi connectivity index (χ3n) is 3.64. The zero-order valence-electron chi connectivity index (χ0n) is 8.79. The highest BCUT2D eigenvalue weighted by Crippen LogP contribution is 2.37. The topological polar surface area (TPSA) is 17.1 Å². The van der Waals surface area contributed by atoms with Gasteiger partial charge in [0.15, 0.2) is 0 Å². The van der Waals surface area contributed by atoms with E-state index in [1.54, 1.807) is 0 Å². The molecule has 74 valence electrons. The van der Waals surface area contributed by atoms with Crippen molar-refractivity contribution in [3.63, 3.8) is 0 Å². The zero-order chi connectivity index (χ0) is 10.1. The van der Waals surface area contributed by atoms with Gasteiger partial charge in [0.1, 0.15) is 0 Å². The summed E-state index contributed by atoms with van der Waals surface area (Å²) in [5.41, 5.74) is 0. The highest BCUT2D eigenvalue weighted by Gasteiger charge is 2.36. The van der Waals surface area contributed by atoms with Crippen LogP contribution < -0.4 is 0 Å². The molecular weight excluding hydrogens is 172 g/mol. The Balaban J connectivity index is 2.31. The molecular formula is C13H16O. The van der Waals surface area contributed by atoms with Crippen LogP contribution in [0.2, 0.25) is 0 Å². The van der Waals surface area contributed by atoms with Crippen molar-refractivity contribution in [2.45, 2.75) is 26.7 Å². The molecule has 0 aromatic rings. The molecule has 0 unspecified atom stereocenters. The third-order valence-corrected chi connectivity index (χ3v) is 3.64. The van der Waals surface area contributed by atoms with Crippen LogP contribution in [0.1, 0.15) is 26.7 Å². The summed E-state index contributed by atoms with van der Waals surface area (Å²) in [5.74, 6) is 7.44. The predicted molar refractivity (Wildman–Crippen MR) is 56.5 cm³/mol. The minimum Gasteiger partial charge on any atom is -0.285 e. The van der Waals surface area contributed by atoms with Crippen molar-refractivity contribution < 1.29 is 4.79 Å². The number of ketones is 1. The zero-order valence-corrected chi connectivity index (χ0v) is 8.79. The molecule has 0 spiro atoms. The van der Waals surface area contributed by atoms with Gasteiger partial charge in [-0.05, 0) is 30.1 Å². The van der Waals surface area contributed by atoms with E-state index in [-0.39, 0.29) is 11.7 Å². The number of hydrogen-bond donors (Lipinski definition) is 0. The van der Waals surface area contributed by atoms with Crippen LogP contribution in [0, 0.1) is 35.5 Å². The van der Waals surface area contributed by atoms with Gasteiger partial charge in [0, 0.05) is 12.3 Å². The SMILES string of the molecule is C[C@H]1[C@@H]2C(=O)C#CCC[C@@H]2C=C[C@@H]1C. The molecule has 1 nitrogen and oxygen atoms in total. The number of fused-ring (bicyclic) bond motifs is 1. The highest BCUT2D eigenvalue weighted by atomic mass is 16.1. The fourth-order valence-corrected chi connectivity index (χ4v) is 2.51. The quantitative estimate of drug-likeness (QED) is 0.324. The van der Waals surface area contributed by atoms with Crippen molar-refractivity contribution in [3.05, 3.63) is 12.2 Å². The Morgan fingerprint density at radius 1 is 1.36 bits per heavy atom. The second-order valence-electron chi connectivity index (χ2n) is 4.50. The Hall–Kier alpha value is -1.03. The minimum atomic E-state index is 0.157. The summed E-state index contributed by atoms with van der Waals surface area (Å²) in [5, 5.41) is 0. The van der Waals surface area contributed by atoms with Gasteiger partial charge < -0.3 is 0 Å². The van der Waals surface area contributed by atoms with E-state index >= 15 is 0 Å². The van der Waals surface area contributed by atoms with Gasteiger partial charge in [-0.25, -0.2) is 0 Å². The lowest BCUT2D eigenvalue weighted by Crippen LogP contribution is -2.33. The van der Waals surface area contributed by atoms with Gasteiger partial charge in [-0.2, -0.15) is 0 Å². The molecule has 2 aliphatic carbocycles. The highest BCUT2D eigenvalue weighted by molar-refractivity contribution is 5.98. The van der Waals surface area contributed by atoms with E-state index < -0.39 is 0 Å². The van der Waals surface area contributed by atoms with E-state index in [4.69, 9.17) is 0 Å². The van der Waals surface area contributed by atoms with Crippen molar-refractivity contribution >= 4 is 5.78 Å². The van der Waals surface area contributed by atoms with Crippen LogP contribution in [0.4, 0.5) is 0 Å². The maximum atomic E-state index is 11.8. The number of hydrogen-bond acceptors (Lipinski definition) is 1. The van der Waals surface area contributed by atoms with E-state index in [2.05, 4.69) is 37.8 Å². The summed E-state index contributed by atoms with van der Waals surface area (Å²) >= 11 is 0. The van der Waals surface area contributed by atoms with Crippen LogP contribution in [0.5, 0.6) is 0 Å². The molecule has 0 saturated carbocycles. The predicted octanol–water partition coefficient (Wildman–Crippen LogP) is 2.43. The Morgan fingerprint density at radius 3 is 2.93 bits per heavy atom. The lowest BCUT2D eigenvalue weighted by Gasteiger charge is -2.33. The van der Waals surface area contributed by atoms with Crippen LogP contribution in [0.3, 0.4) is 0 Å². The van der Waals surface area contributed by atoms with Crippen molar-refractivity contribution in [1.29, 1.82) is 0 Å². The lowest BCUT2D eigenvalue weighted by atomic mass is 9.69. The number of allylic oxidation sites excluding steroid dienone is 2. The largest absolute Gasteiger partial charge is 0.285 e. The first-order chi connectivity index (χ1) is 6.70. The Morgan fingerprint density at radius 2 is 2.14 bits per heavy atom. The summed E-state index contributed by atoms with van der Waals surface area (Å²) in [7, 11) is 0. The fourth-order valence-electron chi connectivity index (χ4n) is 2.51. The Kier molecular flexibility index (Phi) is 2.46. The van der Waals surface area contributed by atoms with Gasteiger partial charge >= 0.3 is 0 Å². The van der Waals surface area contributed by atoms with Gasteiger partial charge in [-0.1, -0.05) is 31.9 Å². The normalized spacial score (nSPS) is 40.9. The van der Waals surface area contributed by atoms with Crippen molar-refractivity contribution in [3.8, 4) is 11.8 Å². The van der Waals surface area contributed by atoms with Gasteiger partial charge in [0.25, 0.3) is 0 Å². The molecule has 0 aromatic heterocycles. The van der Waals surface area contributed by atoms with Crippen LogP contribution in [0.15, 0.2) is 12.2 Å². The van der Waals surface area contributed by atoms with Crippen molar-refractivity contribution in [2.24, 2.45) is 23.7 Å². The van der Waals surface area contributed by atoms with Gasteiger partial charge in [0.05, 0.1) is 0 Å². The van der Waals surface area contributed by atoms with Gasteiger partial charge in [-0.15, -0.1) is 0 Å². The maximum Gasteiger partial charge on any atom is 0.209 e. The fraction of sp³-hybridized carbons (Fsp3) is 0.615. The lowest BCUT2D eigenvalue weighted by molar-refractivity contribution is -0.120. The molecule has 0 amide bonds. The van der Waals surface area contributed by atoms with Gasteiger partial charge in [-0.3, -0.25) is 4.79 Å². The summed E-state index contributed by atoms with van der Waals surface area (Å²) in [6, 6.07) is 0. The van der Waals surface area contributed by atoms with Gasteiger partial charge in [0.2, 0.25) is 5.78 Å². The molecule has 0 heterocycles. The summed E-state index contributed by atoms with van der Waals surface area (Å²) < 4.78 is 0. The molecule has 0 saturated heterocycles. The summed E-state index contributed by atoms with van der Waals surface area (Å²) in [4.78, 5) is 11.8.